The third-order valence-corrected chi connectivity index (χ3v) is 2.62. The van der Waals surface area contributed by atoms with Crippen molar-refractivity contribution in [3.63, 3.8) is 0 Å². The third-order valence-electron chi connectivity index (χ3n) is 1.69. The Labute approximate surface area is 103 Å². The summed E-state index contributed by atoms with van der Waals surface area (Å²) in [5.41, 5.74) is 1.15. The van der Waals surface area contributed by atoms with E-state index in [1.165, 1.54) is 0 Å². The highest BCUT2D eigenvalue weighted by Gasteiger charge is 2.04. The van der Waals surface area contributed by atoms with E-state index in [9.17, 15) is 0 Å². The van der Waals surface area contributed by atoms with Gasteiger partial charge in [0, 0.05) is 27.1 Å². The summed E-state index contributed by atoms with van der Waals surface area (Å²) in [4.78, 5) is 4.13. The molecule has 1 aromatic heterocycles. The van der Waals surface area contributed by atoms with E-state index in [1.807, 2.05) is 46.9 Å². The summed E-state index contributed by atoms with van der Waals surface area (Å²) in [7, 11) is 0. The molecule has 2 rings (SSSR count). The molecule has 1 aromatic carbocycles. The molecule has 0 fully saturated rings. The van der Waals surface area contributed by atoms with Crippen LogP contribution in [0.2, 0.25) is 0 Å². The molecule has 0 bridgehead atoms. The van der Waals surface area contributed by atoms with Gasteiger partial charge in [0.2, 0.25) is 9.72 Å². The smallest absolute Gasteiger partial charge is 0.232 e. The zero-order valence-corrected chi connectivity index (χ0v) is 10.8. The molecule has 1 heterocycles. The summed E-state index contributed by atoms with van der Waals surface area (Å²) in [6, 6.07) is 8.04. The fraction of sp³-hybridized carbons (Fsp3) is 0.111. The van der Waals surface area contributed by atoms with Crippen molar-refractivity contribution in [3.05, 3.63) is 44.0 Å². The van der Waals surface area contributed by atoms with Gasteiger partial charge in [-0.2, -0.15) is 4.98 Å². The van der Waals surface area contributed by atoms with E-state index in [4.69, 9.17) is 4.52 Å². The number of aromatic nitrogens is 2. The maximum absolute atomic E-state index is 5.02. The lowest BCUT2D eigenvalue weighted by Gasteiger charge is -1.96. The van der Waals surface area contributed by atoms with Gasteiger partial charge in [0.25, 0.3) is 0 Å². The number of benzene rings is 1. The molecule has 72 valence electrons. The van der Waals surface area contributed by atoms with Crippen molar-refractivity contribution in [3.8, 4) is 0 Å². The number of nitrogens with zero attached hydrogens (tertiary/aromatic N) is 2. The number of hydrogen-bond acceptors (Lipinski definition) is 3. The van der Waals surface area contributed by atoms with Crippen LogP contribution in [0.25, 0.3) is 0 Å². The molecule has 0 unspecified atom stereocenters. The molecule has 0 amide bonds. The fourth-order valence-electron chi connectivity index (χ4n) is 1.13. The van der Waals surface area contributed by atoms with E-state index in [2.05, 4.69) is 26.1 Å². The van der Waals surface area contributed by atoms with Gasteiger partial charge in [-0.3, -0.25) is 0 Å². The Kier molecular flexibility index (Phi) is 3.17. The highest BCUT2D eigenvalue weighted by Crippen LogP contribution is 2.14. The lowest BCUT2D eigenvalue weighted by Crippen LogP contribution is -1.87. The number of hydrogen-bond donors (Lipinski definition) is 0. The quantitative estimate of drug-likeness (QED) is 0.769. The van der Waals surface area contributed by atoms with Gasteiger partial charge < -0.3 is 4.52 Å². The Morgan fingerprint density at radius 3 is 2.93 bits per heavy atom. The van der Waals surface area contributed by atoms with Crippen LogP contribution in [0.4, 0.5) is 0 Å². The predicted molar refractivity (Wildman–Crippen MR) is 64.0 cm³/mol. The highest BCUT2D eigenvalue weighted by molar-refractivity contribution is 14.1. The normalized spacial score (nSPS) is 10.4. The van der Waals surface area contributed by atoms with Crippen LogP contribution in [0.15, 0.2) is 33.3 Å². The summed E-state index contributed by atoms with van der Waals surface area (Å²) >= 11 is 5.44. The fourth-order valence-corrected chi connectivity index (χ4v) is 1.94. The lowest BCUT2D eigenvalue weighted by atomic mass is 10.1. The van der Waals surface area contributed by atoms with Gasteiger partial charge in [-0.25, -0.2) is 0 Å². The summed E-state index contributed by atoms with van der Waals surface area (Å²) in [5, 5.41) is 3.72. The Bertz CT molecular complexity index is 444. The molecule has 14 heavy (non-hydrogen) atoms. The van der Waals surface area contributed by atoms with Crippen molar-refractivity contribution in [1.82, 2.24) is 10.1 Å². The van der Waals surface area contributed by atoms with Gasteiger partial charge in [-0.1, -0.05) is 33.2 Å². The van der Waals surface area contributed by atoms with Gasteiger partial charge in [0.05, 0.1) is 6.42 Å². The molecule has 0 N–H and O–H groups in total. The van der Waals surface area contributed by atoms with Gasteiger partial charge in [0.1, 0.15) is 0 Å². The van der Waals surface area contributed by atoms with E-state index < -0.39 is 0 Å². The zero-order chi connectivity index (χ0) is 9.97. The largest absolute Gasteiger partial charge is 0.338 e. The van der Waals surface area contributed by atoms with Crippen LogP contribution in [0.1, 0.15) is 11.5 Å². The third kappa shape index (κ3) is 2.54. The minimum atomic E-state index is 0.646. The van der Waals surface area contributed by atoms with Crippen LogP contribution < -0.4 is 0 Å². The highest BCUT2D eigenvalue weighted by atomic mass is 127. The van der Waals surface area contributed by atoms with Crippen molar-refractivity contribution in [1.29, 1.82) is 0 Å². The molecule has 0 aliphatic heterocycles. The maximum Gasteiger partial charge on any atom is 0.232 e. The van der Waals surface area contributed by atoms with Gasteiger partial charge >= 0.3 is 0 Å². The zero-order valence-electron chi connectivity index (χ0n) is 7.08. The summed E-state index contributed by atoms with van der Waals surface area (Å²) in [6.45, 7) is 0. The van der Waals surface area contributed by atoms with Crippen LogP contribution in [-0.2, 0) is 6.42 Å². The number of halogens is 2. The van der Waals surface area contributed by atoms with Crippen LogP contribution in [-0.4, -0.2) is 10.1 Å². The Balaban J connectivity index is 2.18. The molecule has 0 atom stereocenters. The minimum absolute atomic E-state index is 0.646. The first-order valence-electron chi connectivity index (χ1n) is 3.96. The van der Waals surface area contributed by atoms with Crippen LogP contribution in [0.3, 0.4) is 0 Å². The molecule has 0 aliphatic rings. The Hall–Kier alpha value is -0.430. The van der Waals surface area contributed by atoms with Gasteiger partial charge in [0.15, 0.2) is 0 Å². The van der Waals surface area contributed by atoms with Crippen molar-refractivity contribution in [2.45, 2.75) is 6.42 Å². The van der Waals surface area contributed by atoms with E-state index >= 15 is 0 Å². The van der Waals surface area contributed by atoms with Crippen molar-refractivity contribution in [2.24, 2.45) is 0 Å². The lowest BCUT2D eigenvalue weighted by molar-refractivity contribution is 0.381. The average molecular weight is 365 g/mol. The molecule has 3 nitrogen and oxygen atoms in total. The van der Waals surface area contributed by atoms with Crippen molar-refractivity contribution >= 4 is 38.5 Å². The van der Waals surface area contributed by atoms with E-state index in [0.29, 0.717) is 16.1 Å². The first kappa shape index (κ1) is 10.1. The summed E-state index contributed by atoms with van der Waals surface area (Å²) < 4.78 is 6.73. The molecule has 0 radical (unpaired) electrons. The molecule has 0 saturated carbocycles. The topological polar surface area (TPSA) is 38.9 Å². The predicted octanol–water partition coefficient (Wildman–Crippen LogP) is 3.03. The molecule has 0 spiro atoms. The molecule has 0 saturated heterocycles. The minimum Gasteiger partial charge on any atom is -0.338 e. The van der Waals surface area contributed by atoms with Crippen LogP contribution in [0.5, 0.6) is 0 Å². The summed E-state index contributed by atoms with van der Waals surface area (Å²) in [6.07, 6.45) is 0.676. The first-order valence-corrected chi connectivity index (χ1v) is 5.84. The monoisotopic (exact) mass is 364 g/mol. The molecule has 2 aromatic rings. The van der Waals surface area contributed by atoms with E-state index in [1.54, 1.807) is 0 Å². The Morgan fingerprint density at radius 1 is 1.43 bits per heavy atom. The second-order valence-corrected chi connectivity index (χ2v) is 4.64. The second-order valence-electron chi connectivity index (χ2n) is 2.76. The first-order chi connectivity index (χ1) is 6.74. The van der Waals surface area contributed by atoms with Crippen molar-refractivity contribution < 1.29 is 4.52 Å². The second kappa shape index (κ2) is 4.39. The standard InChI is InChI=1S/C9H6BrIN2O/c10-7-3-1-2-6(4-7)5-8-12-9(11)13-14-8/h1-4H,5H2. The van der Waals surface area contributed by atoms with Crippen LogP contribution in [0, 0.1) is 3.83 Å². The van der Waals surface area contributed by atoms with E-state index in [0.717, 1.165) is 10.0 Å². The Morgan fingerprint density at radius 2 is 2.29 bits per heavy atom. The maximum atomic E-state index is 5.02. The molecular formula is C9H6BrIN2O. The molecular weight excluding hydrogens is 359 g/mol. The van der Waals surface area contributed by atoms with Crippen LogP contribution >= 0.6 is 38.5 Å². The molecule has 5 heteroatoms. The average Bonchev–Trinajstić information content (AvgIpc) is 2.51. The number of rotatable bonds is 2. The van der Waals surface area contributed by atoms with Gasteiger partial charge in [-0.05, 0) is 17.7 Å². The summed E-state index contributed by atoms with van der Waals surface area (Å²) in [5.74, 6) is 0.646. The van der Waals surface area contributed by atoms with E-state index in [-0.39, 0.29) is 0 Å². The SMILES string of the molecule is Brc1cccc(Cc2nc(I)no2)c1. The molecule has 0 aliphatic carbocycles. The van der Waals surface area contributed by atoms with Crippen molar-refractivity contribution in [2.75, 3.05) is 0 Å². The van der Waals surface area contributed by atoms with Gasteiger partial charge in [-0.15, -0.1) is 0 Å².